The van der Waals surface area contributed by atoms with Crippen LogP contribution in [0.1, 0.15) is 33.6 Å². The van der Waals surface area contributed by atoms with Gasteiger partial charge in [0.1, 0.15) is 0 Å². The molecule has 1 atom stereocenters. The van der Waals surface area contributed by atoms with E-state index in [2.05, 4.69) is 36.1 Å². The molecule has 0 spiro atoms. The van der Waals surface area contributed by atoms with E-state index in [4.69, 9.17) is 0 Å². The Hall–Kier alpha value is -1.04. The Kier molecular flexibility index (Phi) is 5.67. The highest BCUT2D eigenvalue weighted by Gasteiger charge is 2.23. The van der Waals surface area contributed by atoms with E-state index < -0.39 is 0 Å². The van der Waals surface area contributed by atoms with Gasteiger partial charge in [-0.2, -0.15) is 0 Å². The third-order valence-electron chi connectivity index (χ3n) is 3.47. The summed E-state index contributed by atoms with van der Waals surface area (Å²) < 4.78 is 0. The molecule has 0 aliphatic heterocycles. The number of para-hydroxylation sites is 2. The molecule has 0 saturated heterocycles. The summed E-state index contributed by atoms with van der Waals surface area (Å²) in [6, 6.07) is 8.46. The van der Waals surface area contributed by atoms with Crippen LogP contribution in [-0.2, 0) is 0 Å². The van der Waals surface area contributed by atoms with E-state index in [1.165, 1.54) is 0 Å². The molecule has 4 nitrogen and oxygen atoms in total. The minimum atomic E-state index is -0.192. The summed E-state index contributed by atoms with van der Waals surface area (Å²) in [5, 5.41) is 14.0. The third-order valence-corrected chi connectivity index (χ3v) is 4.43. The Morgan fingerprint density at radius 2 is 2.14 bits per heavy atom. The molecule has 1 unspecified atom stereocenters. The van der Waals surface area contributed by atoms with E-state index in [-0.39, 0.29) is 12.1 Å². The molecule has 1 heterocycles. The van der Waals surface area contributed by atoms with Crippen LogP contribution in [0.5, 0.6) is 0 Å². The van der Waals surface area contributed by atoms with E-state index in [9.17, 15) is 5.11 Å². The van der Waals surface area contributed by atoms with Crippen molar-refractivity contribution in [2.24, 2.45) is 0 Å². The molecule has 21 heavy (non-hydrogen) atoms. The molecule has 0 fully saturated rings. The fourth-order valence-corrected chi connectivity index (χ4v) is 3.35. The van der Waals surface area contributed by atoms with Crippen molar-refractivity contribution in [3.05, 3.63) is 24.3 Å². The lowest BCUT2D eigenvalue weighted by Crippen LogP contribution is -2.49. The van der Waals surface area contributed by atoms with Gasteiger partial charge in [0, 0.05) is 17.3 Å². The summed E-state index contributed by atoms with van der Waals surface area (Å²) >= 11 is 1.74. The summed E-state index contributed by atoms with van der Waals surface area (Å²) in [6.45, 7) is 6.47. The Morgan fingerprint density at radius 3 is 2.81 bits per heavy atom. The Labute approximate surface area is 130 Å². The number of aliphatic hydroxyl groups is 1. The van der Waals surface area contributed by atoms with Gasteiger partial charge in [-0.1, -0.05) is 37.7 Å². The predicted molar refractivity (Wildman–Crippen MR) is 89.8 cm³/mol. The van der Waals surface area contributed by atoms with Crippen LogP contribution in [0, 0.1) is 0 Å². The molecular formula is C16H25N3OS. The highest BCUT2D eigenvalue weighted by Crippen LogP contribution is 2.22. The zero-order valence-electron chi connectivity index (χ0n) is 13.0. The maximum Gasteiger partial charge on any atom is 0.166 e. The number of nitrogens with one attached hydrogen (secondary N) is 2. The van der Waals surface area contributed by atoms with E-state index in [0.717, 1.165) is 34.8 Å². The van der Waals surface area contributed by atoms with Crippen molar-refractivity contribution in [1.29, 1.82) is 0 Å². The van der Waals surface area contributed by atoms with Crippen molar-refractivity contribution in [2.45, 2.75) is 50.4 Å². The number of thioether (sulfide) groups is 1. The summed E-state index contributed by atoms with van der Waals surface area (Å²) in [4.78, 5) is 7.88. The van der Waals surface area contributed by atoms with Gasteiger partial charge in [-0.3, -0.25) is 0 Å². The second-order valence-electron chi connectivity index (χ2n) is 6.03. The third kappa shape index (κ3) is 4.73. The van der Waals surface area contributed by atoms with E-state index in [0.29, 0.717) is 6.04 Å². The molecular weight excluding hydrogens is 282 g/mol. The van der Waals surface area contributed by atoms with Crippen molar-refractivity contribution in [2.75, 3.05) is 12.4 Å². The fraction of sp³-hybridized carbons (Fsp3) is 0.562. The first kappa shape index (κ1) is 16.3. The maximum absolute atomic E-state index is 9.56. The number of imidazole rings is 1. The average Bonchev–Trinajstić information content (AvgIpc) is 2.85. The van der Waals surface area contributed by atoms with Crippen LogP contribution in [0.25, 0.3) is 11.0 Å². The lowest BCUT2D eigenvalue weighted by atomic mass is 9.96. The summed E-state index contributed by atoms with van der Waals surface area (Å²) in [5.74, 6) is 0.995. The fourth-order valence-electron chi connectivity index (χ4n) is 2.52. The molecule has 0 bridgehead atoms. The van der Waals surface area contributed by atoms with Gasteiger partial charge in [-0.15, -0.1) is 0 Å². The zero-order valence-corrected chi connectivity index (χ0v) is 13.8. The van der Waals surface area contributed by atoms with Gasteiger partial charge < -0.3 is 15.4 Å². The van der Waals surface area contributed by atoms with Gasteiger partial charge >= 0.3 is 0 Å². The van der Waals surface area contributed by atoms with E-state index in [1.807, 2.05) is 24.3 Å². The van der Waals surface area contributed by atoms with Crippen LogP contribution < -0.4 is 5.32 Å². The number of rotatable bonds is 8. The second-order valence-corrected chi connectivity index (χ2v) is 7.11. The number of aromatic amines is 1. The predicted octanol–water partition coefficient (Wildman–Crippen LogP) is 3.18. The molecule has 5 heteroatoms. The zero-order chi connectivity index (χ0) is 15.3. The number of hydrogen-bond acceptors (Lipinski definition) is 4. The Balaban J connectivity index is 1.81. The van der Waals surface area contributed by atoms with Crippen LogP contribution in [0.4, 0.5) is 0 Å². The van der Waals surface area contributed by atoms with Crippen LogP contribution in [0.15, 0.2) is 29.4 Å². The molecule has 3 N–H and O–H groups in total. The van der Waals surface area contributed by atoms with Crippen LogP contribution in [0.2, 0.25) is 0 Å². The maximum atomic E-state index is 9.56. The highest BCUT2D eigenvalue weighted by atomic mass is 32.2. The van der Waals surface area contributed by atoms with Gasteiger partial charge in [0.25, 0.3) is 0 Å². The molecule has 116 valence electrons. The van der Waals surface area contributed by atoms with Gasteiger partial charge in [0.05, 0.1) is 17.6 Å². The number of nitrogens with zero attached hydrogens (tertiary/aromatic N) is 1. The summed E-state index contributed by atoms with van der Waals surface area (Å²) in [6.07, 6.45) is 1.99. The van der Waals surface area contributed by atoms with E-state index in [1.54, 1.807) is 11.8 Å². The minimum Gasteiger partial charge on any atom is -0.394 e. The summed E-state index contributed by atoms with van der Waals surface area (Å²) in [5.41, 5.74) is 1.91. The van der Waals surface area contributed by atoms with Gasteiger partial charge in [0.15, 0.2) is 5.16 Å². The van der Waals surface area contributed by atoms with Crippen molar-refractivity contribution in [1.82, 2.24) is 15.3 Å². The number of aliphatic hydroxyl groups excluding tert-OH is 1. The molecule has 2 aromatic rings. The van der Waals surface area contributed by atoms with Crippen molar-refractivity contribution in [3.63, 3.8) is 0 Å². The number of benzene rings is 1. The van der Waals surface area contributed by atoms with Crippen molar-refractivity contribution in [3.8, 4) is 0 Å². The van der Waals surface area contributed by atoms with Gasteiger partial charge in [0.2, 0.25) is 0 Å². The van der Waals surface area contributed by atoms with Crippen LogP contribution >= 0.6 is 11.8 Å². The average molecular weight is 307 g/mol. The molecule has 0 amide bonds. The number of aromatic nitrogens is 2. The molecule has 0 aliphatic carbocycles. The van der Waals surface area contributed by atoms with Gasteiger partial charge in [-0.05, 0) is 31.9 Å². The monoisotopic (exact) mass is 307 g/mol. The molecule has 0 aliphatic rings. The first-order chi connectivity index (χ1) is 10.0. The largest absolute Gasteiger partial charge is 0.394 e. The Morgan fingerprint density at radius 1 is 1.38 bits per heavy atom. The summed E-state index contributed by atoms with van der Waals surface area (Å²) in [7, 11) is 0. The second kappa shape index (κ2) is 7.29. The smallest absolute Gasteiger partial charge is 0.166 e. The lowest BCUT2D eigenvalue weighted by molar-refractivity contribution is 0.156. The number of hydrogen-bond donors (Lipinski definition) is 3. The number of H-pyrrole nitrogens is 1. The number of fused-ring (bicyclic) bond motifs is 1. The Bertz CT molecular complexity index is 536. The quantitative estimate of drug-likeness (QED) is 0.518. The van der Waals surface area contributed by atoms with Crippen molar-refractivity contribution < 1.29 is 5.11 Å². The molecule has 0 saturated carbocycles. The standard InChI is InChI=1S/C16H25N3OS/c1-12(2)19-16(3,11-20)9-6-10-21-15-17-13-7-4-5-8-14(13)18-15/h4-5,7-8,12,19-20H,6,9-11H2,1-3H3,(H,17,18). The van der Waals surface area contributed by atoms with Crippen LogP contribution in [-0.4, -0.2) is 39.0 Å². The highest BCUT2D eigenvalue weighted by molar-refractivity contribution is 7.99. The molecule has 1 aromatic carbocycles. The molecule has 2 rings (SSSR count). The molecule has 0 radical (unpaired) electrons. The van der Waals surface area contributed by atoms with E-state index >= 15 is 0 Å². The first-order valence-corrected chi connectivity index (χ1v) is 8.47. The molecule has 1 aromatic heterocycles. The van der Waals surface area contributed by atoms with Crippen molar-refractivity contribution >= 4 is 22.8 Å². The van der Waals surface area contributed by atoms with Gasteiger partial charge in [-0.25, -0.2) is 4.98 Å². The normalized spacial score (nSPS) is 14.7. The van der Waals surface area contributed by atoms with Crippen LogP contribution in [0.3, 0.4) is 0 Å². The lowest BCUT2D eigenvalue weighted by Gasteiger charge is -2.31. The first-order valence-electron chi connectivity index (χ1n) is 7.48. The topological polar surface area (TPSA) is 60.9 Å². The SMILES string of the molecule is CC(C)NC(C)(CO)CCCSc1nc2ccccc2[nH]1. The minimum absolute atomic E-state index is 0.167.